The first-order valence-corrected chi connectivity index (χ1v) is 46.8. The summed E-state index contributed by atoms with van der Waals surface area (Å²) >= 11 is 11.8. The molecule has 0 radical (unpaired) electrons. The highest BCUT2D eigenvalue weighted by Crippen LogP contribution is 2.36. The van der Waals surface area contributed by atoms with E-state index in [4.69, 9.17) is 40.0 Å². The molecular formula is C109H118BrClF7IN6O12. The van der Waals surface area contributed by atoms with Gasteiger partial charge in [0.25, 0.3) is 0 Å². The van der Waals surface area contributed by atoms with Crippen LogP contribution in [0, 0.1) is 134 Å². The van der Waals surface area contributed by atoms with E-state index in [1.165, 1.54) is 48.5 Å². The minimum Gasteiger partial charge on any atom is -0.486 e. The standard InChI is InChI=1S/C19H22FNO2.C18H19BrFNO2.C18H19ClFNO2.C18H19F2NO2.C18H19FINO2.C18H20FNO2/c1-5-19(22)21-17-8-6-7-12(2)15(17)11-23-18-10-14(4)13(3)9-16(18)20;3*1-4-18(22)21-16-7-5-6-14(19)13(16)10-23-17-9-12(3)11(2)8-15(17)20;1-4-18(22)21-16-7-5-6-15(20)13(16)10-23-17-9-12(3)11(2)8-14(17)19;1-4-18(21)20-16-8-6-5-7-14(16)11-22-17-10-13(3)12(2)9-15(17)19/h6-10H,5,11H2,1-4H3,(H,21,22);4*5-9H,4,10H2,1-3H3,(H,21,22);5-10H,4,11H2,1-3H3,(H,20,21). The maximum Gasteiger partial charge on any atom is 0.224 e. The number of carbonyl (C=O) groups excluding carboxylic acids is 6. The predicted molar refractivity (Wildman–Crippen MR) is 544 cm³/mol. The average Bonchev–Trinajstić information content (AvgIpc) is 0.837. The quantitative estimate of drug-likeness (QED) is 0.0182. The Morgan fingerprint density at radius 3 is 0.861 bits per heavy atom. The van der Waals surface area contributed by atoms with Gasteiger partial charge in [-0.05, 0) is 318 Å². The van der Waals surface area contributed by atoms with E-state index in [-0.39, 0.29) is 145 Å². The molecule has 0 aliphatic heterocycles. The Kier molecular flexibility index (Phi) is 44.6. The Hall–Kier alpha value is -12.7. The highest BCUT2D eigenvalue weighted by molar-refractivity contribution is 14.1. The van der Waals surface area contributed by atoms with Crippen LogP contribution >= 0.6 is 50.1 Å². The minimum absolute atomic E-state index is 0.0594. The zero-order chi connectivity index (χ0) is 101. The van der Waals surface area contributed by atoms with E-state index in [2.05, 4.69) is 70.4 Å². The predicted octanol–water partition coefficient (Wildman–Crippen LogP) is 28.7. The van der Waals surface area contributed by atoms with Gasteiger partial charge in [-0.15, -0.1) is 0 Å². The maximum absolute atomic E-state index is 14.0. The summed E-state index contributed by atoms with van der Waals surface area (Å²) in [5.74, 6) is -2.46. The fourth-order valence-electron chi connectivity index (χ4n) is 12.6. The molecular weight excluding hydrogens is 1960 g/mol. The number of ether oxygens (including phenoxy) is 6. The molecule has 0 atom stereocenters. The second-order valence-corrected chi connectivity index (χ2v) is 34.6. The fourth-order valence-corrected chi connectivity index (χ4v) is 14.0. The Labute approximate surface area is 825 Å². The van der Waals surface area contributed by atoms with Gasteiger partial charge in [-0.3, -0.25) is 28.8 Å². The van der Waals surface area contributed by atoms with Crippen LogP contribution in [0.2, 0.25) is 5.02 Å². The number of para-hydroxylation sites is 1. The molecule has 18 nitrogen and oxygen atoms in total. The van der Waals surface area contributed by atoms with Gasteiger partial charge >= 0.3 is 0 Å². The first-order chi connectivity index (χ1) is 65.1. The molecule has 6 N–H and O–H groups in total. The SMILES string of the molecule is CCC(=O)Nc1cccc(Br)c1COc1cc(C)c(C)cc1F.CCC(=O)Nc1cccc(C)c1COc1cc(C)c(C)cc1F.CCC(=O)Nc1cccc(Cl)c1COc1cc(C)c(C)cc1F.CCC(=O)Nc1cccc(F)c1COc1cc(C)c(C)cc1F.CCC(=O)Nc1cccc(I)c1COc1cc(C)c(C)cc1F.CCC(=O)Nc1ccccc1COc1cc(C)c(C)cc1F. The minimum atomic E-state index is -0.511. The van der Waals surface area contributed by atoms with E-state index < -0.39 is 17.5 Å². The largest absolute Gasteiger partial charge is 0.486 e. The topological polar surface area (TPSA) is 230 Å². The number of benzene rings is 12. The van der Waals surface area contributed by atoms with Crippen LogP contribution in [0.3, 0.4) is 0 Å². The molecule has 0 saturated heterocycles. The van der Waals surface area contributed by atoms with Crippen LogP contribution in [-0.2, 0) is 68.4 Å². The van der Waals surface area contributed by atoms with E-state index >= 15 is 0 Å². The number of carbonyl (C=O) groups is 6. The molecule has 0 fully saturated rings. The highest BCUT2D eigenvalue weighted by Gasteiger charge is 2.21. The van der Waals surface area contributed by atoms with E-state index in [1.54, 1.807) is 115 Å². The van der Waals surface area contributed by atoms with E-state index in [9.17, 15) is 59.5 Å². The van der Waals surface area contributed by atoms with Crippen molar-refractivity contribution >= 4 is 120 Å². The first-order valence-electron chi connectivity index (χ1n) is 44.5. The highest BCUT2D eigenvalue weighted by atomic mass is 127. The molecule has 6 amide bonds. The third kappa shape index (κ3) is 34.2. The summed E-state index contributed by atoms with van der Waals surface area (Å²) in [4.78, 5) is 69.6. The van der Waals surface area contributed by atoms with Gasteiger partial charge in [-0.2, -0.15) is 0 Å². The summed E-state index contributed by atoms with van der Waals surface area (Å²) in [6.07, 6.45) is 2.23. The molecule has 0 aliphatic rings. The molecule has 28 heteroatoms. The molecule has 0 heterocycles. The van der Waals surface area contributed by atoms with E-state index in [0.717, 1.165) is 103 Å². The Bertz CT molecular complexity index is 5540. The van der Waals surface area contributed by atoms with Crippen LogP contribution in [-0.4, -0.2) is 35.4 Å². The van der Waals surface area contributed by atoms with Crippen LogP contribution in [0.4, 0.5) is 64.9 Å². The normalized spacial score (nSPS) is 10.5. The fraction of sp³-hybridized carbons (Fsp3) is 0.284. The van der Waals surface area contributed by atoms with Crippen LogP contribution in [0.25, 0.3) is 0 Å². The summed E-state index contributed by atoms with van der Waals surface area (Å²) in [5.41, 5.74) is 19.7. The van der Waals surface area contributed by atoms with Crippen LogP contribution in [0.15, 0.2) is 193 Å². The van der Waals surface area contributed by atoms with Crippen molar-refractivity contribution in [1.82, 2.24) is 0 Å². The summed E-state index contributed by atoms with van der Waals surface area (Å²) in [5, 5.41) is 17.2. The van der Waals surface area contributed by atoms with Gasteiger partial charge in [0.2, 0.25) is 35.4 Å². The number of aryl methyl sites for hydroxylation is 13. The van der Waals surface area contributed by atoms with Crippen LogP contribution in [0.5, 0.6) is 34.5 Å². The van der Waals surface area contributed by atoms with Crippen LogP contribution < -0.4 is 60.3 Å². The Morgan fingerprint density at radius 2 is 0.504 bits per heavy atom. The molecule has 12 aromatic rings. The van der Waals surface area contributed by atoms with E-state index in [0.29, 0.717) is 76.8 Å². The van der Waals surface area contributed by atoms with Gasteiger partial charge in [0, 0.05) is 113 Å². The molecule has 12 aromatic carbocycles. The zero-order valence-corrected chi connectivity index (χ0v) is 85.1. The summed E-state index contributed by atoms with van der Waals surface area (Å²) in [6.45, 7) is 35.7. The second-order valence-electron chi connectivity index (χ2n) is 32.2. The van der Waals surface area contributed by atoms with Gasteiger partial charge in [-0.25, -0.2) is 30.7 Å². The molecule has 0 aliphatic carbocycles. The molecule has 0 spiro atoms. The number of hydrogen-bond donors (Lipinski definition) is 6. The molecule has 0 aromatic heterocycles. The van der Waals surface area contributed by atoms with Crippen molar-refractivity contribution in [2.45, 2.75) is 210 Å². The zero-order valence-electron chi connectivity index (χ0n) is 80.6. The van der Waals surface area contributed by atoms with Gasteiger partial charge < -0.3 is 60.3 Å². The maximum atomic E-state index is 14.0. The van der Waals surface area contributed by atoms with Crippen molar-refractivity contribution in [3.63, 3.8) is 0 Å². The third-order valence-electron chi connectivity index (χ3n) is 22.0. The summed E-state index contributed by atoms with van der Waals surface area (Å²) < 4.78 is 133. The lowest BCUT2D eigenvalue weighted by molar-refractivity contribution is -0.116. The van der Waals surface area contributed by atoms with Gasteiger partial charge in [-0.1, -0.05) is 124 Å². The average molecular weight is 2080 g/mol. The molecule has 12 rings (SSSR count). The summed E-state index contributed by atoms with van der Waals surface area (Å²) in [6, 6.07) is 52.4. The number of rotatable bonds is 30. The Balaban J connectivity index is 0.000000224. The van der Waals surface area contributed by atoms with Gasteiger partial charge in [0.1, 0.15) is 45.5 Å². The van der Waals surface area contributed by atoms with E-state index in [1.807, 2.05) is 156 Å². The van der Waals surface area contributed by atoms with Crippen molar-refractivity contribution in [3.8, 4) is 34.5 Å². The number of anilines is 6. The van der Waals surface area contributed by atoms with Crippen molar-refractivity contribution in [2.75, 3.05) is 31.9 Å². The first kappa shape index (κ1) is 111. The van der Waals surface area contributed by atoms with Crippen molar-refractivity contribution in [2.24, 2.45) is 0 Å². The second kappa shape index (κ2) is 54.9. The number of amides is 6. The molecule has 0 bridgehead atoms. The van der Waals surface area contributed by atoms with Gasteiger partial charge in [0.05, 0.1) is 5.69 Å². The Morgan fingerprint density at radius 1 is 0.263 bits per heavy atom. The number of halogens is 10. The lowest BCUT2D eigenvalue weighted by Crippen LogP contribution is -2.13. The van der Waals surface area contributed by atoms with Crippen molar-refractivity contribution in [3.05, 3.63) is 348 Å². The molecule has 0 saturated carbocycles. The van der Waals surface area contributed by atoms with Crippen LogP contribution in [0.1, 0.15) is 186 Å². The lowest BCUT2D eigenvalue weighted by atomic mass is 10.1. The third-order valence-corrected chi connectivity index (χ3v) is 24.1. The van der Waals surface area contributed by atoms with Crippen molar-refractivity contribution < 1.29 is 87.9 Å². The summed E-state index contributed by atoms with van der Waals surface area (Å²) in [7, 11) is 0. The molecule has 137 heavy (non-hydrogen) atoms. The van der Waals surface area contributed by atoms with Gasteiger partial charge in [0.15, 0.2) is 69.4 Å². The number of nitrogens with one attached hydrogen (secondary N) is 6. The lowest BCUT2D eigenvalue weighted by Gasteiger charge is -2.15. The molecule has 0 unspecified atom stereocenters. The monoisotopic (exact) mass is 2080 g/mol. The number of hydrogen-bond acceptors (Lipinski definition) is 12. The molecule has 726 valence electrons. The van der Waals surface area contributed by atoms with Crippen molar-refractivity contribution in [1.29, 1.82) is 0 Å². The smallest absolute Gasteiger partial charge is 0.224 e.